The first kappa shape index (κ1) is 25.0. The third-order valence-corrected chi connectivity index (χ3v) is 6.77. The summed E-state index contributed by atoms with van der Waals surface area (Å²) in [6, 6.07) is 0. The Morgan fingerprint density at radius 1 is 1.42 bits per heavy atom. The fraction of sp³-hybridized carbons (Fsp3) is 0.684. The number of hydrogen-bond acceptors (Lipinski definition) is 9. The highest BCUT2D eigenvalue weighted by Crippen LogP contribution is 2.57. The van der Waals surface area contributed by atoms with Gasteiger partial charge >= 0.3 is 19.5 Å². The van der Waals surface area contributed by atoms with E-state index in [1.165, 1.54) is 7.11 Å². The van der Waals surface area contributed by atoms with E-state index in [0.717, 1.165) is 0 Å². The van der Waals surface area contributed by atoms with Gasteiger partial charge in [0.2, 0.25) is 5.91 Å². The van der Waals surface area contributed by atoms with Crippen LogP contribution < -0.4 is 5.32 Å². The van der Waals surface area contributed by atoms with Crippen molar-refractivity contribution in [2.45, 2.75) is 39.9 Å². The van der Waals surface area contributed by atoms with Crippen LogP contribution in [0.1, 0.15) is 32.9 Å². The molecule has 1 aliphatic rings. The summed E-state index contributed by atoms with van der Waals surface area (Å²) in [5.74, 6) is -2.26. The maximum Gasteiger partial charge on any atom is 0.332 e. The van der Waals surface area contributed by atoms with E-state index in [1.807, 2.05) is 7.05 Å². The molecule has 11 nitrogen and oxygen atoms in total. The van der Waals surface area contributed by atoms with Gasteiger partial charge in [0, 0.05) is 25.2 Å². The predicted octanol–water partition coefficient (Wildman–Crippen LogP) is 1.41. The molecular weight excluding hydrogens is 429 g/mol. The number of methoxy groups -OCH3 is 1. The van der Waals surface area contributed by atoms with Crippen LogP contribution in [-0.2, 0) is 51.1 Å². The van der Waals surface area contributed by atoms with Gasteiger partial charge in [-0.05, 0) is 0 Å². The number of esters is 2. The van der Waals surface area contributed by atoms with Crippen LogP contribution in [0, 0.1) is 11.3 Å². The Hall–Kier alpha value is -2.23. The van der Waals surface area contributed by atoms with Crippen molar-refractivity contribution in [1.82, 2.24) is 14.9 Å². The van der Waals surface area contributed by atoms with Gasteiger partial charge in [0.05, 0.1) is 44.2 Å². The van der Waals surface area contributed by atoms with Crippen molar-refractivity contribution in [2.75, 3.05) is 26.4 Å². The molecule has 0 radical (unpaired) electrons. The molecule has 174 valence electrons. The minimum absolute atomic E-state index is 0.0162. The van der Waals surface area contributed by atoms with Crippen molar-refractivity contribution in [3.63, 3.8) is 0 Å². The van der Waals surface area contributed by atoms with Crippen LogP contribution >= 0.6 is 7.60 Å². The maximum absolute atomic E-state index is 13.0. The van der Waals surface area contributed by atoms with Crippen LogP contribution in [0.2, 0.25) is 0 Å². The second kappa shape index (κ2) is 10.4. The molecule has 1 saturated heterocycles. The summed E-state index contributed by atoms with van der Waals surface area (Å²) >= 11 is 0. The summed E-state index contributed by atoms with van der Waals surface area (Å²) in [4.78, 5) is 40.2. The van der Waals surface area contributed by atoms with Crippen molar-refractivity contribution in [3.05, 3.63) is 18.2 Å². The van der Waals surface area contributed by atoms with Gasteiger partial charge in [-0.15, -0.1) is 0 Å². The van der Waals surface area contributed by atoms with Crippen molar-refractivity contribution < 1.29 is 37.5 Å². The summed E-state index contributed by atoms with van der Waals surface area (Å²) in [5.41, 5.74) is -0.138. The highest BCUT2D eigenvalue weighted by atomic mass is 31.2. The lowest BCUT2D eigenvalue weighted by atomic mass is 9.87. The quantitative estimate of drug-likeness (QED) is 0.429. The van der Waals surface area contributed by atoms with Gasteiger partial charge in [-0.25, -0.2) is 4.98 Å². The summed E-state index contributed by atoms with van der Waals surface area (Å²) in [6.45, 7) is 5.12. The van der Waals surface area contributed by atoms with Gasteiger partial charge in [0.25, 0.3) is 0 Å². The molecule has 1 aromatic heterocycles. The van der Waals surface area contributed by atoms with Gasteiger partial charge in [0.15, 0.2) is 6.10 Å². The van der Waals surface area contributed by atoms with E-state index >= 15 is 0 Å². The van der Waals surface area contributed by atoms with Crippen LogP contribution in [0.3, 0.4) is 0 Å². The molecule has 1 aliphatic heterocycles. The highest BCUT2D eigenvalue weighted by molar-refractivity contribution is 7.54. The SMILES string of the molecule is COC(=O)[C@H](C)C[P@@]1(=O)OCC(C)(C)[C@H](C(=O)NCCC(=O)OCc2cn(C)cn2)O1. The molecule has 0 aromatic carbocycles. The van der Waals surface area contributed by atoms with Crippen LogP contribution in [0.4, 0.5) is 0 Å². The second-order valence-electron chi connectivity index (χ2n) is 8.20. The van der Waals surface area contributed by atoms with Crippen molar-refractivity contribution >= 4 is 25.4 Å². The number of imidazole rings is 1. The molecule has 31 heavy (non-hydrogen) atoms. The molecule has 0 aliphatic carbocycles. The van der Waals surface area contributed by atoms with Gasteiger partial charge in [-0.1, -0.05) is 20.8 Å². The van der Waals surface area contributed by atoms with Crippen LogP contribution in [0.15, 0.2) is 12.5 Å². The van der Waals surface area contributed by atoms with E-state index in [4.69, 9.17) is 13.8 Å². The average Bonchev–Trinajstić information content (AvgIpc) is 3.13. The minimum Gasteiger partial charge on any atom is -0.469 e. The van der Waals surface area contributed by atoms with E-state index in [9.17, 15) is 18.9 Å². The number of amides is 1. The minimum atomic E-state index is -3.68. The normalized spacial score (nSPS) is 23.6. The molecule has 12 heteroatoms. The molecular formula is C19H30N3O8P. The first-order valence-corrected chi connectivity index (χ1v) is 11.6. The standard InChI is InChI=1S/C19H30N3O8P/c1-13(18(25)27-5)10-31(26)29-11-19(2,3)16(30-31)17(24)20-7-6-15(23)28-9-14-8-22(4)12-21-14/h8,12-13,16H,6-7,9-11H2,1-5H3,(H,20,24)/t13-,16+,31-/m1/s1. The van der Waals surface area contributed by atoms with Crippen molar-refractivity contribution in [1.29, 1.82) is 0 Å². The number of hydrogen-bond donors (Lipinski definition) is 1. The zero-order valence-electron chi connectivity index (χ0n) is 18.5. The molecule has 0 unspecified atom stereocenters. The van der Waals surface area contributed by atoms with Crippen LogP contribution in [-0.4, -0.2) is 59.9 Å². The Morgan fingerprint density at radius 3 is 2.74 bits per heavy atom. The molecule has 2 heterocycles. The zero-order valence-corrected chi connectivity index (χ0v) is 19.3. The third kappa shape index (κ3) is 7.15. The predicted molar refractivity (Wildman–Crippen MR) is 109 cm³/mol. The zero-order chi connectivity index (χ0) is 23.2. The number of aryl methyl sites for hydroxylation is 1. The number of carbonyl (C=O) groups is 3. The van der Waals surface area contributed by atoms with Gasteiger partial charge in [-0.2, -0.15) is 0 Å². The van der Waals surface area contributed by atoms with Crippen LogP contribution in [0.25, 0.3) is 0 Å². The van der Waals surface area contributed by atoms with E-state index in [0.29, 0.717) is 5.69 Å². The molecule has 0 saturated carbocycles. The number of rotatable bonds is 9. The van der Waals surface area contributed by atoms with Gasteiger partial charge < -0.3 is 23.9 Å². The van der Waals surface area contributed by atoms with Gasteiger partial charge in [-0.3, -0.25) is 23.5 Å². The van der Waals surface area contributed by atoms with Gasteiger partial charge in [0.1, 0.15) is 6.61 Å². The lowest BCUT2D eigenvalue weighted by Gasteiger charge is -2.40. The monoisotopic (exact) mass is 459 g/mol. The van der Waals surface area contributed by atoms with E-state index in [1.54, 1.807) is 37.9 Å². The highest BCUT2D eigenvalue weighted by Gasteiger charge is 2.48. The molecule has 1 amide bonds. The fourth-order valence-corrected chi connectivity index (χ4v) is 5.24. The maximum atomic E-state index is 13.0. The number of carbonyl (C=O) groups excluding carboxylic acids is 3. The average molecular weight is 459 g/mol. The second-order valence-corrected chi connectivity index (χ2v) is 10.3. The lowest BCUT2D eigenvalue weighted by Crippen LogP contribution is -2.50. The molecule has 1 aromatic rings. The lowest BCUT2D eigenvalue weighted by molar-refractivity contribution is -0.145. The summed E-state index contributed by atoms with van der Waals surface area (Å²) in [6.07, 6.45) is 2.03. The smallest absolute Gasteiger partial charge is 0.332 e. The van der Waals surface area contributed by atoms with E-state index in [-0.39, 0.29) is 32.3 Å². The Balaban J connectivity index is 1.85. The first-order chi connectivity index (χ1) is 14.5. The Labute approximate surface area is 181 Å². The molecule has 0 spiro atoms. The Bertz CT molecular complexity index is 853. The molecule has 2 rings (SSSR count). The third-order valence-electron chi connectivity index (χ3n) is 4.72. The number of nitrogens with one attached hydrogen (secondary N) is 1. The van der Waals surface area contributed by atoms with Crippen molar-refractivity contribution in [2.24, 2.45) is 18.4 Å². The first-order valence-electron chi connectivity index (χ1n) is 9.86. The fourth-order valence-electron chi connectivity index (χ4n) is 2.93. The topological polar surface area (TPSA) is 135 Å². The van der Waals surface area contributed by atoms with E-state index in [2.05, 4.69) is 15.0 Å². The summed E-state index contributed by atoms with van der Waals surface area (Å²) in [5, 5.41) is 2.61. The summed E-state index contributed by atoms with van der Waals surface area (Å²) < 4.78 is 35.4. The summed E-state index contributed by atoms with van der Waals surface area (Å²) in [7, 11) is -0.640. The van der Waals surface area contributed by atoms with E-state index < -0.39 is 42.9 Å². The number of nitrogens with zero attached hydrogens (tertiary/aromatic N) is 2. The number of aromatic nitrogens is 2. The largest absolute Gasteiger partial charge is 0.469 e. The number of ether oxygens (including phenoxy) is 2. The molecule has 3 atom stereocenters. The van der Waals surface area contributed by atoms with Crippen molar-refractivity contribution in [3.8, 4) is 0 Å². The molecule has 1 fully saturated rings. The molecule has 0 bridgehead atoms. The Kier molecular flexibility index (Phi) is 8.39. The molecule has 1 N–H and O–H groups in total. The Morgan fingerprint density at radius 2 is 2.13 bits per heavy atom. The van der Waals surface area contributed by atoms with Crippen LogP contribution in [0.5, 0.6) is 0 Å².